The van der Waals surface area contributed by atoms with E-state index in [1.54, 1.807) is 30.5 Å². The van der Waals surface area contributed by atoms with Crippen LogP contribution in [0.15, 0.2) is 83.1 Å². The molecule has 0 saturated carbocycles. The lowest BCUT2D eigenvalue weighted by Gasteiger charge is -2.20. The number of carbonyl (C=O) groups is 1. The first-order valence-corrected chi connectivity index (χ1v) is 13.7. The second-order valence-corrected chi connectivity index (χ2v) is 11.2. The highest BCUT2D eigenvalue weighted by atomic mass is 35.5. The van der Waals surface area contributed by atoms with Crippen molar-refractivity contribution in [3.05, 3.63) is 99.3 Å². The average Bonchev–Trinajstić information content (AvgIpc) is 3.31. The number of hydrogen-bond acceptors (Lipinski definition) is 5. The number of anilines is 1. The molecule has 35 heavy (non-hydrogen) atoms. The molecule has 4 rings (SSSR count). The molecule has 4 aromatic rings. The van der Waals surface area contributed by atoms with Gasteiger partial charge in [0.25, 0.3) is 5.91 Å². The lowest BCUT2D eigenvalue weighted by atomic mass is 10.2. The van der Waals surface area contributed by atoms with Gasteiger partial charge in [0.1, 0.15) is 0 Å². The molecule has 0 fully saturated rings. The standard InChI is InChI=1S/C25H21Cl2N3O3S2/c1-2-30(15-17-6-4-3-5-7-17)35(32,33)20-11-8-18(9-12-20)24(31)29-25-28-23(16-34-25)21-13-10-19(26)14-22(21)27/h3-14,16H,2,15H2,1H3,(H,28,29,31). The predicted octanol–water partition coefficient (Wildman–Crippen LogP) is 6.58. The van der Waals surface area contributed by atoms with Crippen molar-refractivity contribution in [2.45, 2.75) is 18.4 Å². The zero-order valence-electron chi connectivity index (χ0n) is 18.6. The summed E-state index contributed by atoms with van der Waals surface area (Å²) in [6, 6.07) is 20.4. The van der Waals surface area contributed by atoms with E-state index in [2.05, 4.69) is 10.3 Å². The van der Waals surface area contributed by atoms with Crippen molar-refractivity contribution < 1.29 is 13.2 Å². The summed E-state index contributed by atoms with van der Waals surface area (Å²) < 4.78 is 27.6. The van der Waals surface area contributed by atoms with Gasteiger partial charge in [0.2, 0.25) is 10.0 Å². The van der Waals surface area contributed by atoms with Gasteiger partial charge in [-0.2, -0.15) is 4.31 Å². The number of nitrogens with zero attached hydrogens (tertiary/aromatic N) is 2. The fraction of sp³-hybridized carbons (Fsp3) is 0.120. The number of benzene rings is 3. The molecule has 1 heterocycles. The van der Waals surface area contributed by atoms with Crippen LogP contribution in [-0.2, 0) is 16.6 Å². The van der Waals surface area contributed by atoms with Crippen LogP contribution < -0.4 is 5.32 Å². The Bertz CT molecular complexity index is 1440. The summed E-state index contributed by atoms with van der Waals surface area (Å²) in [5.41, 5.74) is 2.54. The highest BCUT2D eigenvalue weighted by Gasteiger charge is 2.23. The van der Waals surface area contributed by atoms with Gasteiger partial charge in [-0.3, -0.25) is 10.1 Å². The average molecular weight is 547 g/mol. The maximum absolute atomic E-state index is 13.1. The van der Waals surface area contributed by atoms with Crippen LogP contribution in [0.4, 0.5) is 5.13 Å². The molecule has 1 N–H and O–H groups in total. The number of aromatic nitrogens is 1. The molecule has 180 valence electrons. The van der Waals surface area contributed by atoms with Gasteiger partial charge >= 0.3 is 0 Å². The monoisotopic (exact) mass is 545 g/mol. The molecule has 0 bridgehead atoms. The van der Waals surface area contributed by atoms with Gasteiger partial charge < -0.3 is 0 Å². The minimum absolute atomic E-state index is 0.126. The normalized spacial score (nSPS) is 11.5. The zero-order valence-corrected chi connectivity index (χ0v) is 21.8. The number of rotatable bonds is 8. The first kappa shape index (κ1) is 25.3. The molecule has 0 aliphatic rings. The molecular weight excluding hydrogens is 525 g/mol. The SMILES string of the molecule is CCN(Cc1ccccc1)S(=O)(=O)c1ccc(C(=O)Nc2nc(-c3ccc(Cl)cc3Cl)cs2)cc1. The third kappa shape index (κ3) is 5.91. The molecule has 1 amide bonds. The molecule has 0 aliphatic carbocycles. The molecule has 10 heteroatoms. The van der Waals surface area contributed by atoms with E-state index in [9.17, 15) is 13.2 Å². The van der Waals surface area contributed by atoms with E-state index in [0.717, 1.165) is 5.56 Å². The molecule has 0 atom stereocenters. The summed E-state index contributed by atoms with van der Waals surface area (Å²) in [6.45, 7) is 2.39. The first-order valence-electron chi connectivity index (χ1n) is 10.6. The van der Waals surface area contributed by atoms with Gasteiger partial charge in [-0.25, -0.2) is 13.4 Å². The smallest absolute Gasteiger partial charge is 0.257 e. The van der Waals surface area contributed by atoms with Crippen LogP contribution in [0.5, 0.6) is 0 Å². The lowest BCUT2D eigenvalue weighted by Crippen LogP contribution is -2.30. The highest BCUT2D eigenvalue weighted by molar-refractivity contribution is 7.89. The molecule has 3 aromatic carbocycles. The zero-order chi connectivity index (χ0) is 25.0. The van der Waals surface area contributed by atoms with E-state index in [1.165, 1.54) is 39.9 Å². The van der Waals surface area contributed by atoms with Crippen LogP contribution in [0.3, 0.4) is 0 Å². The molecule has 0 aliphatic heterocycles. The topological polar surface area (TPSA) is 79.4 Å². The summed E-state index contributed by atoms with van der Waals surface area (Å²) >= 11 is 13.5. The fourth-order valence-corrected chi connectivity index (χ4v) is 6.05. The minimum Gasteiger partial charge on any atom is -0.298 e. The Balaban J connectivity index is 1.46. The van der Waals surface area contributed by atoms with E-state index in [0.29, 0.717) is 38.5 Å². The summed E-state index contributed by atoms with van der Waals surface area (Å²) in [4.78, 5) is 17.3. The lowest BCUT2D eigenvalue weighted by molar-refractivity contribution is 0.102. The minimum atomic E-state index is -3.72. The Morgan fingerprint density at radius 1 is 1.03 bits per heavy atom. The van der Waals surface area contributed by atoms with Crippen molar-refractivity contribution in [3.8, 4) is 11.3 Å². The Morgan fingerprint density at radius 2 is 1.74 bits per heavy atom. The Kier molecular flexibility index (Phi) is 7.88. The summed E-state index contributed by atoms with van der Waals surface area (Å²) in [5.74, 6) is -0.395. The van der Waals surface area contributed by atoms with Gasteiger partial charge in [-0.15, -0.1) is 11.3 Å². The van der Waals surface area contributed by atoms with Crippen LogP contribution >= 0.6 is 34.5 Å². The third-order valence-corrected chi connectivity index (χ3v) is 8.48. The third-order valence-electron chi connectivity index (χ3n) is 5.24. The number of halogens is 2. The summed E-state index contributed by atoms with van der Waals surface area (Å²) in [5, 5.41) is 5.91. The molecule has 0 unspecified atom stereocenters. The fourth-order valence-electron chi connectivity index (χ4n) is 3.40. The van der Waals surface area contributed by atoms with Crippen LogP contribution in [0.2, 0.25) is 10.0 Å². The van der Waals surface area contributed by atoms with Gasteiger partial charge in [-0.1, -0.05) is 60.5 Å². The maximum Gasteiger partial charge on any atom is 0.257 e. The van der Waals surface area contributed by atoms with E-state index < -0.39 is 15.9 Å². The van der Waals surface area contributed by atoms with Crippen molar-refractivity contribution >= 4 is 55.6 Å². The largest absolute Gasteiger partial charge is 0.298 e. The number of thiazole rings is 1. The number of amides is 1. The number of carbonyl (C=O) groups excluding carboxylic acids is 1. The van der Waals surface area contributed by atoms with Crippen molar-refractivity contribution in [3.63, 3.8) is 0 Å². The van der Waals surface area contributed by atoms with E-state index in [4.69, 9.17) is 23.2 Å². The van der Waals surface area contributed by atoms with Crippen LogP contribution in [0.25, 0.3) is 11.3 Å². The Labute approximate surface area is 218 Å². The predicted molar refractivity (Wildman–Crippen MR) is 142 cm³/mol. The summed E-state index contributed by atoms with van der Waals surface area (Å²) in [7, 11) is -3.72. The van der Waals surface area contributed by atoms with Gasteiger partial charge in [0, 0.05) is 34.6 Å². The quantitative estimate of drug-likeness (QED) is 0.271. The van der Waals surface area contributed by atoms with Gasteiger partial charge in [0.05, 0.1) is 15.6 Å². The molecular formula is C25H21Cl2N3O3S2. The second kappa shape index (κ2) is 10.9. The van der Waals surface area contributed by atoms with Crippen molar-refractivity contribution in [1.29, 1.82) is 0 Å². The van der Waals surface area contributed by atoms with E-state index in [-0.39, 0.29) is 11.4 Å². The molecule has 0 radical (unpaired) electrons. The second-order valence-electron chi connectivity index (χ2n) is 7.56. The number of hydrogen-bond donors (Lipinski definition) is 1. The molecule has 0 saturated heterocycles. The number of sulfonamides is 1. The van der Waals surface area contributed by atoms with Crippen LogP contribution in [0, 0.1) is 0 Å². The maximum atomic E-state index is 13.1. The number of nitrogens with one attached hydrogen (secondary N) is 1. The highest BCUT2D eigenvalue weighted by Crippen LogP contribution is 2.32. The Hall–Kier alpha value is -2.75. The van der Waals surface area contributed by atoms with E-state index in [1.807, 2.05) is 30.3 Å². The van der Waals surface area contributed by atoms with Crippen LogP contribution in [-0.4, -0.2) is 30.2 Å². The molecule has 0 spiro atoms. The first-order chi connectivity index (χ1) is 16.8. The van der Waals surface area contributed by atoms with Gasteiger partial charge in [-0.05, 0) is 48.0 Å². The van der Waals surface area contributed by atoms with Crippen molar-refractivity contribution in [2.24, 2.45) is 0 Å². The van der Waals surface area contributed by atoms with Crippen molar-refractivity contribution in [1.82, 2.24) is 9.29 Å². The summed E-state index contributed by atoms with van der Waals surface area (Å²) in [6.07, 6.45) is 0. The van der Waals surface area contributed by atoms with Gasteiger partial charge in [0.15, 0.2) is 5.13 Å². The van der Waals surface area contributed by atoms with E-state index >= 15 is 0 Å². The molecule has 1 aromatic heterocycles. The van der Waals surface area contributed by atoms with Crippen LogP contribution in [0.1, 0.15) is 22.8 Å². The molecule has 6 nitrogen and oxygen atoms in total. The van der Waals surface area contributed by atoms with Crippen molar-refractivity contribution in [2.75, 3.05) is 11.9 Å². The Morgan fingerprint density at radius 3 is 2.40 bits per heavy atom.